The van der Waals surface area contributed by atoms with E-state index in [1.165, 1.54) is 10.6 Å². The molecule has 3 nitrogen and oxygen atoms in total. The first-order valence-electron chi connectivity index (χ1n) is 6.02. The number of rotatable bonds is 6. The van der Waals surface area contributed by atoms with Crippen LogP contribution in [0.25, 0.3) is 0 Å². The van der Waals surface area contributed by atoms with E-state index in [0.717, 1.165) is 19.5 Å². The normalized spacial score (nSPS) is 11.2. The fraction of sp³-hybridized carbons (Fsp3) is 0.462. The van der Waals surface area contributed by atoms with Gasteiger partial charge >= 0.3 is 0 Å². The number of hydrogen-bond donors (Lipinski definition) is 1. The maximum atomic E-state index is 4.37. The minimum absolute atomic E-state index is 0.510. The number of nitrogens with one attached hydrogen (secondary N) is 1. The van der Waals surface area contributed by atoms with Gasteiger partial charge in [0, 0.05) is 36.6 Å². The Kier molecular flexibility index (Phi) is 4.34. The van der Waals surface area contributed by atoms with Gasteiger partial charge in [-0.3, -0.25) is 4.68 Å². The average Bonchev–Trinajstić information content (AvgIpc) is 2.95. The molecule has 0 unspecified atom stereocenters. The van der Waals surface area contributed by atoms with Crippen molar-refractivity contribution in [1.82, 2.24) is 15.1 Å². The third-order valence-corrected chi connectivity index (χ3v) is 3.58. The lowest BCUT2D eigenvalue weighted by atomic mass is 10.3. The molecule has 0 aliphatic carbocycles. The smallest absolute Gasteiger partial charge is 0.0522 e. The van der Waals surface area contributed by atoms with Crippen molar-refractivity contribution in [2.24, 2.45) is 0 Å². The average molecular weight is 249 g/mol. The van der Waals surface area contributed by atoms with Gasteiger partial charge in [0.25, 0.3) is 0 Å². The lowest BCUT2D eigenvalue weighted by Gasteiger charge is -2.10. The lowest BCUT2D eigenvalue weighted by molar-refractivity contribution is 0.529. The molecule has 0 aromatic carbocycles. The zero-order valence-electron chi connectivity index (χ0n) is 10.4. The molecule has 0 aliphatic heterocycles. The number of aromatic nitrogens is 2. The Balaban J connectivity index is 1.90. The van der Waals surface area contributed by atoms with Gasteiger partial charge in [0.05, 0.1) is 5.69 Å². The van der Waals surface area contributed by atoms with E-state index < -0.39 is 0 Å². The molecule has 0 saturated heterocycles. The molecule has 17 heavy (non-hydrogen) atoms. The fourth-order valence-corrected chi connectivity index (χ4v) is 2.39. The van der Waals surface area contributed by atoms with E-state index in [-0.39, 0.29) is 0 Å². The van der Waals surface area contributed by atoms with Crippen molar-refractivity contribution in [3.63, 3.8) is 0 Å². The highest BCUT2D eigenvalue weighted by molar-refractivity contribution is 7.09. The van der Waals surface area contributed by atoms with Gasteiger partial charge in [-0.25, -0.2) is 0 Å². The molecule has 2 aromatic heterocycles. The van der Waals surface area contributed by atoms with Crippen molar-refractivity contribution in [3.8, 4) is 0 Å². The Labute approximate surface area is 106 Å². The fourth-order valence-electron chi connectivity index (χ4n) is 1.69. The first kappa shape index (κ1) is 12.3. The Hall–Kier alpha value is -1.13. The van der Waals surface area contributed by atoms with Gasteiger partial charge in [-0.1, -0.05) is 19.9 Å². The monoisotopic (exact) mass is 249 g/mol. The summed E-state index contributed by atoms with van der Waals surface area (Å²) in [5, 5.41) is 9.92. The largest absolute Gasteiger partial charge is 0.309 e. The molecule has 0 fully saturated rings. The van der Waals surface area contributed by atoms with E-state index in [1.807, 2.05) is 17.5 Å². The quantitative estimate of drug-likeness (QED) is 0.853. The number of hydrogen-bond acceptors (Lipinski definition) is 3. The summed E-state index contributed by atoms with van der Waals surface area (Å²) in [4.78, 5) is 1.42. The second kappa shape index (κ2) is 5.98. The number of thiophene rings is 1. The molecule has 0 aliphatic rings. The van der Waals surface area contributed by atoms with E-state index in [2.05, 4.69) is 52.5 Å². The summed E-state index contributed by atoms with van der Waals surface area (Å²) in [6.45, 7) is 6.17. The van der Waals surface area contributed by atoms with E-state index in [0.29, 0.717) is 6.04 Å². The molecule has 0 saturated carbocycles. The van der Waals surface area contributed by atoms with Crippen LogP contribution in [0, 0.1) is 0 Å². The summed E-state index contributed by atoms with van der Waals surface area (Å²) < 4.78 is 2.09. The van der Waals surface area contributed by atoms with Crippen molar-refractivity contribution in [3.05, 3.63) is 40.3 Å². The van der Waals surface area contributed by atoms with E-state index in [9.17, 15) is 0 Å². The highest BCUT2D eigenvalue weighted by atomic mass is 32.1. The van der Waals surface area contributed by atoms with E-state index >= 15 is 0 Å². The second-order valence-corrected chi connectivity index (χ2v) is 5.44. The lowest BCUT2D eigenvalue weighted by Crippen LogP contribution is -2.23. The molecule has 0 bridgehead atoms. The molecule has 4 heteroatoms. The minimum Gasteiger partial charge on any atom is -0.309 e. The Morgan fingerprint density at radius 2 is 2.29 bits per heavy atom. The van der Waals surface area contributed by atoms with Crippen molar-refractivity contribution in [1.29, 1.82) is 0 Å². The van der Waals surface area contributed by atoms with Crippen LogP contribution >= 0.6 is 11.3 Å². The standard InChI is InChI=1S/C13H19N3S/c1-11(2)14-10-12-5-7-15-16(12)8-6-13-4-3-9-17-13/h3-5,7,9,11,14H,6,8,10H2,1-2H3. The third kappa shape index (κ3) is 3.68. The van der Waals surface area contributed by atoms with Crippen molar-refractivity contribution < 1.29 is 0 Å². The summed E-state index contributed by atoms with van der Waals surface area (Å²) in [6, 6.07) is 6.88. The minimum atomic E-state index is 0.510. The van der Waals surface area contributed by atoms with Gasteiger partial charge < -0.3 is 5.32 Å². The van der Waals surface area contributed by atoms with E-state index in [1.54, 1.807) is 0 Å². The van der Waals surface area contributed by atoms with Crippen molar-refractivity contribution in [2.75, 3.05) is 0 Å². The highest BCUT2D eigenvalue weighted by Gasteiger charge is 2.03. The van der Waals surface area contributed by atoms with Crippen LogP contribution in [0.15, 0.2) is 29.8 Å². The summed E-state index contributed by atoms with van der Waals surface area (Å²) >= 11 is 1.81. The molecule has 0 atom stereocenters. The first-order chi connectivity index (χ1) is 8.25. The van der Waals surface area contributed by atoms with Crippen LogP contribution in [-0.4, -0.2) is 15.8 Å². The summed E-state index contributed by atoms with van der Waals surface area (Å²) in [5.74, 6) is 0. The molecule has 2 rings (SSSR count). The van der Waals surface area contributed by atoms with Crippen molar-refractivity contribution >= 4 is 11.3 Å². The Bertz CT molecular complexity index is 431. The Morgan fingerprint density at radius 3 is 3.00 bits per heavy atom. The predicted molar refractivity (Wildman–Crippen MR) is 72.2 cm³/mol. The predicted octanol–water partition coefficient (Wildman–Crippen LogP) is 2.69. The number of aryl methyl sites for hydroxylation is 2. The van der Waals surface area contributed by atoms with E-state index in [4.69, 9.17) is 0 Å². The van der Waals surface area contributed by atoms with Crippen LogP contribution < -0.4 is 5.32 Å². The van der Waals surface area contributed by atoms with Crippen LogP contribution in [0.1, 0.15) is 24.4 Å². The zero-order chi connectivity index (χ0) is 12.1. The Morgan fingerprint density at radius 1 is 1.41 bits per heavy atom. The van der Waals surface area contributed by atoms with Crippen LogP contribution in [0.2, 0.25) is 0 Å². The SMILES string of the molecule is CC(C)NCc1ccnn1CCc1cccs1. The van der Waals surface area contributed by atoms with Crippen molar-refractivity contribution in [2.45, 2.75) is 39.4 Å². The van der Waals surface area contributed by atoms with Gasteiger partial charge in [-0.15, -0.1) is 11.3 Å². The number of nitrogens with zero attached hydrogens (tertiary/aromatic N) is 2. The van der Waals surface area contributed by atoms with Gasteiger partial charge in [-0.2, -0.15) is 5.10 Å². The maximum Gasteiger partial charge on any atom is 0.0522 e. The van der Waals surface area contributed by atoms with Gasteiger partial charge in [0.1, 0.15) is 0 Å². The summed E-state index contributed by atoms with van der Waals surface area (Å²) in [7, 11) is 0. The van der Waals surface area contributed by atoms with Crippen LogP contribution in [-0.2, 0) is 19.5 Å². The van der Waals surface area contributed by atoms with Gasteiger partial charge in [0.2, 0.25) is 0 Å². The summed E-state index contributed by atoms with van der Waals surface area (Å²) in [6.07, 6.45) is 2.94. The second-order valence-electron chi connectivity index (χ2n) is 4.41. The summed E-state index contributed by atoms with van der Waals surface area (Å²) in [5.41, 5.74) is 1.26. The highest BCUT2D eigenvalue weighted by Crippen LogP contribution is 2.10. The van der Waals surface area contributed by atoms with Crippen LogP contribution in [0.3, 0.4) is 0 Å². The van der Waals surface area contributed by atoms with Gasteiger partial charge in [0.15, 0.2) is 0 Å². The molecule has 2 heterocycles. The molecule has 0 spiro atoms. The van der Waals surface area contributed by atoms with Crippen LogP contribution in [0.4, 0.5) is 0 Å². The van der Waals surface area contributed by atoms with Gasteiger partial charge in [-0.05, 0) is 17.5 Å². The first-order valence-corrected chi connectivity index (χ1v) is 6.90. The maximum absolute atomic E-state index is 4.37. The topological polar surface area (TPSA) is 29.9 Å². The molecular weight excluding hydrogens is 230 g/mol. The molecule has 1 N–H and O–H groups in total. The third-order valence-electron chi connectivity index (χ3n) is 2.65. The molecule has 0 radical (unpaired) electrons. The van der Waals surface area contributed by atoms with Crippen LogP contribution in [0.5, 0.6) is 0 Å². The molecular formula is C13H19N3S. The molecule has 0 amide bonds. The zero-order valence-corrected chi connectivity index (χ0v) is 11.2. The molecule has 92 valence electrons. The molecule has 2 aromatic rings.